The number of nitro groups is 1. The molecule has 1 aromatic carbocycles. The Bertz CT molecular complexity index is 659. The summed E-state index contributed by atoms with van der Waals surface area (Å²) in [7, 11) is 0. The van der Waals surface area contributed by atoms with Gasteiger partial charge in [0.05, 0.1) is 35.9 Å². The fraction of sp³-hybridized carbons (Fsp3) is 0.611. The molecule has 1 aromatic rings. The second kappa shape index (κ2) is 7.81. The molecule has 0 bridgehead atoms. The van der Waals surface area contributed by atoms with Gasteiger partial charge in [-0.2, -0.15) is 5.26 Å². The van der Waals surface area contributed by atoms with Gasteiger partial charge in [0.1, 0.15) is 24.7 Å². The first kappa shape index (κ1) is 17.6. The first-order valence-corrected chi connectivity index (χ1v) is 9.00. The van der Waals surface area contributed by atoms with Crippen molar-refractivity contribution in [2.24, 2.45) is 0 Å². The molecule has 0 aromatic heterocycles. The van der Waals surface area contributed by atoms with E-state index in [0.717, 1.165) is 32.8 Å². The van der Waals surface area contributed by atoms with Crippen LogP contribution in [0.25, 0.3) is 0 Å². The normalized spacial score (nSPS) is 20.6. The molecule has 2 N–H and O–H groups in total. The van der Waals surface area contributed by atoms with E-state index in [-0.39, 0.29) is 11.2 Å². The quantitative estimate of drug-likeness (QED) is 0.623. The maximum Gasteiger partial charge on any atom is 0.270 e. The minimum atomic E-state index is -0.467. The van der Waals surface area contributed by atoms with Gasteiger partial charge in [0.2, 0.25) is 0 Å². The highest BCUT2D eigenvalue weighted by Gasteiger charge is 2.42. The number of nitro benzene ring substituents is 1. The van der Waals surface area contributed by atoms with Crippen LogP contribution >= 0.6 is 0 Å². The number of nitrogens with one attached hydrogen (secondary N) is 2. The number of non-ortho nitro benzene ring substituents is 1. The van der Waals surface area contributed by atoms with Crippen LogP contribution in [0, 0.1) is 21.4 Å². The number of ether oxygens (including phenoxy) is 1. The van der Waals surface area contributed by atoms with E-state index in [0.29, 0.717) is 11.3 Å². The van der Waals surface area contributed by atoms with E-state index >= 15 is 0 Å². The van der Waals surface area contributed by atoms with Crippen LogP contribution < -0.4 is 10.2 Å². The van der Waals surface area contributed by atoms with Crippen molar-refractivity contribution in [1.29, 1.82) is 5.26 Å². The van der Waals surface area contributed by atoms with Crippen molar-refractivity contribution in [3.8, 4) is 6.07 Å². The first-order valence-electron chi connectivity index (χ1n) is 9.00. The maximum atomic E-state index is 10.9. The van der Waals surface area contributed by atoms with E-state index in [4.69, 9.17) is 4.74 Å². The van der Waals surface area contributed by atoms with E-state index < -0.39 is 4.92 Å². The van der Waals surface area contributed by atoms with Gasteiger partial charge in [-0.1, -0.05) is 6.42 Å². The minimum absolute atomic E-state index is 0.0479. The van der Waals surface area contributed by atoms with Gasteiger partial charge in [-0.05, 0) is 18.9 Å². The Morgan fingerprint density at radius 3 is 2.64 bits per heavy atom. The summed E-state index contributed by atoms with van der Waals surface area (Å²) in [5.74, 6) is 0. The third-order valence-electron chi connectivity index (χ3n) is 5.61. The molecule has 2 aliphatic rings. The molecule has 0 unspecified atom stereocenters. The molecule has 3 rings (SSSR count). The van der Waals surface area contributed by atoms with Gasteiger partial charge in [0, 0.05) is 25.0 Å². The molecule has 25 heavy (non-hydrogen) atoms. The van der Waals surface area contributed by atoms with Crippen LogP contribution in [0.1, 0.15) is 37.7 Å². The topological polar surface area (TPSA) is 92.6 Å². The van der Waals surface area contributed by atoms with E-state index in [1.54, 1.807) is 11.0 Å². The van der Waals surface area contributed by atoms with Crippen molar-refractivity contribution >= 4 is 11.4 Å². The Hall–Kier alpha value is -2.17. The van der Waals surface area contributed by atoms with Gasteiger partial charge < -0.3 is 15.0 Å². The van der Waals surface area contributed by atoms with Crippen LogP contribution in [-0.4, -0.2) is 43.3 Å². The molecule has 1 aliphatic carbocycles. The second-order valence-corrected chi connectivity index (χ2v) is 7.01. The average molecular weight is 345 g/mol. The van der Waals surface area contributed by atoms with Crippen LogP contribution in [0.3, 0.4) is 0 Å². The lowest BCUT2D eigenvalue weighted by atomic mass is 9.79. The number of morpholine rings is 1. The predicted octanol–water partition coefficient (Wildman–Crippen LogP) is 1.50. The summed E-state index contributed by atoms with van der Waals surface area (Å²) >= 11 is 0. The Labute approximate surface area is 147 Å². The number of hydrogen-bond acceptors (Lipinski definition) is 5. The standard InChI is InChI=1S/C18H24N4O3/c19-13-15-12-16(22(23)24)4-5-17(15)20-14-18(6-2-1-3-7-18)21-8-10-25-11-9-21/h4-5,12,20H,1-3,6-11,14H2/p+1. The molecule has 0 radical (unpaired) electrons. The Kier molecular flexibility index (Phi) is 5.51. The number of rotatable bonds is 5. The molecule has 7 heteroatoms. The number of hydrogen-bond donors (Lipinski definition) is 2. The molecular formula is C18H25N4O3+. The van der Waals surface area contributed by atoms with Crippen molar-refractivity contribution < 1.29 is 14.6 Å². The van der Waals surface area contributed by atoms with Crippen molar-refractivity contribution in [2.45, 2.75) is 37.6 Å². The number of quaternary nitrogens is 1. The summed E-state index contributed by atoms with van der Waals surface area (Å²) in [6.45, 7) is 4.44. The summed E-state index contributed by atoms with van der Waals surface area (Å²) in [6.07, 6.45) is 6.09. The van der Waals surface area contributed by atoms with Gasteiger partial charge in [0.15, 0.2) is 0 Å². The van der Waals surface area contributed by atoms with Crippen molar-refractivity contribution in [2.75, 3.05) is 38.2 Å². The molecule has 0 spiro atoms. The number of anilines is 1. The third kappa shape index (κ3) is 3.91. The summed E-state index contributed by atoms with van der Waals surface area (Å²) < 4.78 is 5.52. The van der Waals surface area contributed by atoms with Crippen LogP contribution in [-0.2, 0) is 4.74 Å². The molecule has 1 saturated heterocycles. The van der Waals surface area contributed by atoms with Crippen LogP contribution in [0.5, 0.6) is 0 Å². The predicted molar refractivity (Wildman–Crippen MR) is 93.6 cm³/mol. The van der Waals surface area contributed by atoms with Gasteiger partial charge in [0.25, 0.3) is 5.69 Å². The molecule has 1 aliphatic heterocycles. The number of nitrogens with zero attached hydrogens (tertiary/aromatic N) is 2. The second-order valence-electron chi connectivity index (χ2n) is 7.01. The van der Waals surface area contributed by atoms with E-state index in [2.05, 4.69) is 11.4 Å². The third-order valence-corrected chi connectivity index (χ3v) is 5.61. The van der Waals surface area contributed by atoms with E-state index in [9.17, 15) is 15.4 Å². The Balaban J connectivity index is 1.77. The zero-order chi connectivity index (χ0) is 17.7. The molecular weight excluding hydrogens is 320 g/mol. The van der Waals surface area contributed by atoms with Crippen molar-refractivity contribution in [3.05, 3.63) is 33.9 Å². The number of benzene rings is 1. The highest BCUT2D eigenvalue weighted by atomic mass is 16.6. The SMILES string of the molecule is N#Cc1cc([N+](=O)[O-])ccc1NCC1([NH+]2CCOCC2)CCCCC1. The molecule has 7 nitrogen and oxygen atoms in total. The Morgan fingerprint density at radius 2 is 2.00 bits per heavy atom. The largest absolute Gasteiger partial charge is 0.378 e. The molecule has 1 heterocycles. The van der Waals surface area contributed by atoms with Gasteiger partial charge in [-0.25, -0.2) is 0 Å². The Morgan fingerprint density at radius 1 is 1.28 bits per heavy atom. The first-order chi connectivity index (χ1) is 12.1. The molecule has 134 valence electrons. The summed E-state index contributed by atoms with van der Waals surface area (Å²) in [5.41, 5.74) is 1.13. The summed E-state index contributed by atoms with van der Waals surface area (Å²) in [5, 5.41) is 23.7. The highest BCUT2D eigenvalue weighted by molar-refractivity contribution is 5.61. The summed E-state index contributed by atoms with van der Waals surface area (Å²) in [6, 6.07) is 6.53. The molecule has 1 saturated carbocycles. The van der Waals surface area contributed by atoms with Crippen molar-refractivity contribution in [3.63, 3.8) is 0 Å². The smallest absolute Gasteiger partial charge is 0.270 e. The highest BCUT2D eigenvalue weighted by Crippen LogP contribution is 2.28. The summed E-state index contributed by atoms with van der Waals surface area (Å²) in [4.78, 5) is 12.0. The fourth-order valence-electron chi connectivity index (χ4n) is 4.19. The van der Waals surface area contributed by atoms with Gasteiger partial charge >= 0.3 is 0 Å². The average Bonchev–Trinajstić information content (AvgIpc) is 2.67. The van der Waals surface area contributed by atoms with Crippen LogP contribution in [0.15, 0.2) is 18.2 Å². The lowest BCUT2D eigenvalue weighted by molar-refractivity contribution is -0.959. The van der Waals surface area contributed by atoms with Gasteiger partial charge in [-0.3, -0.25) is 10.1 Å². The minimum Gasteiger partial charge on any atom is -0.378 e. The lowest BCUT2D eigenvalue weighted by Gasteiger charge is -2.45. The van der Waals surface area contributed by atoms with Crippen LogP contribution in [0.2, 0.25) is 0 Å². The van der Waals surface area contributed by atoms with Gasteiger partial charge in [-0.15, -0.1) is 0 Å². The monoisotopic (exact) mass is 345 g/mol. The van der Waals surface area contributed by atoms with Crippen LogP contribution in [0.4, 0.5) is 11.4 Å². The van der Waals surface area contributed by atoms with Crippen molar-refractivity contribution in [1.82, 2.24) is 0 Å². The lowest BCUT2D eigenvalue weighted by Crippen LogP contribution is -3.22. The number of nitriles is 1. The zero-order valence-electron chi connectivity index (χ0n) is 14.4. The van der Waals surface area contributed by atoms with E-state index in [1.165, 1.54) is 44.2 Å². The zero-order valence-corrected chi connectivity index (χ0v) is 14.4. The van der Waals surface area contributed by atoms with E-state index in [1.807, 2.05) is 0 Å². The molecule has 2 fully saturated rings. The fourth-order valence-corrected chi connectivity index (χ4v) is 4.19. The maximum absolute atomic E-state index is 10.9. The molecule has 0 atom stereocenters. The molecule has 0 amide bonds.